The van der Waals surface area contributed by atoms with Gasteiger partial charge in [-0.3, -0.25) is 14.8 Å². The van der Waals surface area contributed by atoms with Crippen LogP contribution in [0.1, 0.15) is 17.2 Å². The van der Waals surface area contributed by atoms with Crippen LogP contribution in [0.2, 0.25) is 0 Å². The van der Waals surface area contributed by atoms with Crippen LogP contribution in [0.15, 0.2) is 48.8 Å². The van der Waals surface area contributed by atoms with Crippen LogP contribution >= 0.6 is 0 Å². The smallest absolute Gasteiger partial charge is 0.119 e. The first-order chi connectivity index (χ1) is 11.7. The molecule has 1 aromatic heterocycles. The third-order valence-corrected chi connectivity index (χ3v) is 4.50. The van der Waals surface area contributed by atoms with Crippen LogP contribution in [-0.4, -0.2) is 59.7 Å². The van der Waals surface area contributed by atoms with Crippen molar-refractivity contribution in [1.29, 1.82) is 0 Å². The normalized spacial score (nSPS) is 17.6. The van der Waals surface area contributed by atoms with Gasteiger partial charge >= 0.3 is 0 Å². The fourth-order valence-electron chi connectivity index (χ4n) is 3.08. The first-order valence-corrected chi connectivity index (χ1v) is 8.40. The molecule has 0 amide bonds. The molecule has 5 nitrogen and oxygen atoms in total. The third-order valence-electron chi connectivity index (χ3n) is 4.50. The van der Waals surface area contributed by atoms with E-state index >= 15 is 0 Å². The monoisotopic (exact) mass is 327 g/mol. The Hall–Kier alpha value is -1.95. The number of piperazine rings is 1. The molecular formula is C19H25N3O2. The van der Waals surface area contributed by atoms with Gasteiger partial charge in [0.05, 0.1) is 13.2 Å². The summed E-state index contributed by atoms with van der Waals surface area (Å²) in [4.78, 5) is 8.93. The van der Waals surface area contributed by atoms with Crippen molar-refractivity contribution in [3.63, 3.8) is 0 Å². The molecule has 5 heteroatoms. The van der Waals surface area contributed by atoms with Crippen LogP contribution in [-0.2, 0) is 6.54 Å². The fourth-order valence-corrected chi connectivity index (χ4v) is 3.08. The van der Waals surface area contributed by atoms with Crippen LogP contribution < -0.4 is 4.74 Å². The molecule has 0 aliphatic carbocycles. The summed E-state index contributed by atoms with van der Waals surface area (Å²) in [5.41, 5.74) is 2.16. The van der Waals surface area contributed by atoms with E-state index in [9.17, 15) is 5.11 Å². The SMILES string of the molecule is COc1cccc(C(O)CN2CCN(Cc3cccnc3)CC2)c1. The molecule has 1 saturated heterocycles. The molecule has 1 N–H and O–H groups in total. The van der Waals surface area contributed by atoms with E-state index in [0.29, 0.717) is 6.54 Å². The number of aliphatic hydroxyl groups excluding tert-OH is 1. The van der Waals surface area contributed by atoms with Crippen molar-refractivity contribution in [1.82, 2.24) is 14.8 Å². The minimum atomic E-state index is -0.482. The van der Waals surface area contributed by atoms with Crippen molar-refractivity contribution in [3.05, 3.63) is 59.9 Å². The minimum absolute atomic E-state index is 0.482. The van der Waals surface area contributed by atoms with Crippen LogP contribution in [0.4, 0.5) is 0 Å². The zero-order valence-corrected chi connectivity index (χ0v) is 14.1. The molecule has 0 bridgehead atoms. The van der Waals surface area contributed by atoms with E-state index in [1.807, 2.05) is 36.5 Å². The third kappa shape index (κ3) is 4.54. The molecule has 1 atom stereocenters. The Morgan fingerprint density at radius 1 is 1.12 bits per heavy atom. The lowest BCUT2D eigenvalue weighted by Crippen LogP contribution is -2.47. The summed E-state index contributed by atoms with van der Waals surface area (Å²) in [5, 5.41) is 10.5. The van der Waals surface area contributed by atoms with E-state index in [2.05, 4.69) is 20.9 Å². The van der Waals surface area contributed by atoms with Gasteiger partial charge in [-0.05, 0) is 29.3 Å². The molecule has 0 radical (unpaired) electrons. The lowest BCUT2D eigenvalue weighted by molar-refractivity contribution is 0.0700. The lowest BCUT2D eigenvalue weighted by Gasteiger charge is -2.35. The summed E-state index contributed by atoms with van der Waals surface area (Å²) in [7, 11) is 1.65. The molecule has 1 aliphatic heterocycles. The van der Waals surface area contributed by atoms with E-state index in [0.717, 1.165) is 44.0 Å². The van der Waals surface area contributed by atoms with Gasteiger partial charge in [0, 0.05) is 51.7 Å². The van der Waals surface area contributed by atoms with Crippen molar-refractivity contribution in [2.45, 2.75) is 12.6 Å². The number of ether oxygens (including phenoxy) is 1. The minimum Gasteiger partial charge on any atom is -0.497 e. The van der Waals surface area contributed by atoms with Crippen molar-refractivity contribution in [2.24, 2.45) is 0 Å². The Kier molecular flexibility index (Phi) is 5.80. The van der Waals surface area contributed by atoms with Crippen LogP contribution in [0, 0.1) is 0 Å². The summed E-state index contributed by atoms with van der Waals surface area (Å²) >= 11 is 0. The number of aliphatic hydroxyl groups is 1. The zero-order chi connectivity index (χ0) is 16.8. The van der Waals surface area contributed by atoms with E-state index < -0.39 is 6.10 Å². The molecule has 1 fully saturated rings. The molecule has 1 aromatic carbocycles. The van der Waals surface area contributed by atoms with Crippen LogP contribution in [0.25, 0.3) is 0 Å². The van der Waals surface area contributed by atoms with E-state index in [4.69, 9.17) is 4.74 Å². The number of methoxy groups -OCH3 is 1. The number of pyridine rings is 1. The van der Waals surface area contributed by atoms with Crippen molar-refractivity contribution in [3.8, 4) is 5.75 Å². The highest BCUT2D eigenvalue weighted by atomic mass is 16.5. The molecule has 2 aromatic rings. The van der Waals surface area contributed by atoms with E-state index in [-0.39, 0.29) is 0 Å². The summed E-state index contributed by atoms with van der Waals surface area (Å²) in [6.45, 7) is 5.58. The number of rotatable bonds is 6. The molecule has 1 aliphatic rings. The van der Waals surface area contributed by atoms with Gasteiger partial charge in [0.25, 0.3) is 0 Å². The Balaban J connectivity index is 1.48. The molecule has 3 rings (SSSR count). The van der Waals surface area contributed by atoms with E-state index in [1.165, 1.54) is 5.56 Å². The standard InChI is InChI=1S/C19H25N3O2/c1-24-18-6-2-5-17(12-18)19(23)15-22-10-8-21(9-11-22)14-16-4-3-7-20-13-16/h2-7,12-13,19,23H,8-11,14-15H2,1H3. The molecular weight excluding hydrogens is 302 g/mol. The number of hydrogen-bond acceptors (Lipinski definition) is 5. The number of hydrogen-bond donors (Lipinski definition) is 1. The predicted molar refractivity (Wildman–Crippen MR) is 93.9 cm³/mol. The summed E-state index contributed by atoms with van der Waals surface area (Å²) in [6.07, 6.45) is 3.25. The first-order valence-electron chi connectivity index (χ1n) is 8.40. The fraction of sp³-hybridized carbons (Fsp3) is 0.421. The number of β-amino-alcohol motifs (C(OH)–C–C–N with tert-alkyl or cyclic N) is 1. The zero-order valence-electron chi connectivity index (χ0n) is 14.1. The average Bonchev–Trinajstić information content (AvgIpc) is 2.64. The largest absolute Gasteiger partial charge is 0.497 e. The molecule has 0 spiro atoms. The van der Waals surface area contributed by atoms with Crippen molar-refractivity contribution < 1.29 is 9.84 Å². The van der Waals surface area contributed by atoms with Crippen molar-refractivity contribution in [2.75, 3.05) is 39.8 Å². The molecule has 24 heavy (non-hydrogen) atoms. The number of benzene rings is 1. The second-order valence-electron chi connectivity index (χ2n) is 6.23. The highest BCUT2D eigenvalue weighted by Gasteiger charge is 2.20. The summed E-state index contributed by atoms with van der Waals surface area (Å²) in [6, 6.07) is 11.8. The van der Waals surface area contributed by atoms with Gasteiger partial charge in [0.1, 0.15) is 5.75 Å². The maximum Gasteiger partial charge on any atom is 0.119 e. The van der Waals surface area contributed by atoms with Gasteiger partial charge in [0.2, 0.25) is 0 Å². The van der Waals surface area contributed by atoms with Gasteiger partial charge in [-0.15, -0.1) is 0 Å². The topological polar surface area (TPSA) is 48.8 Å². The predicted octanol–water partition coefficient (Wildman–Crippen LogP) is 1.94. The van der Waals surface area contributed by atoms with Gasteiger partial charge in [-0.2, -0.15) is 0 Å². The second-order valence-corrected chi connectivity index (χ2v) is 6.23. The quantitative estimate of drug-likeness (QED) is 0.879. The van der Waals surface area contributed by atoms with Crippen LogP contribution in [0.5, 0.6) is 5.75 Å². The number of nitrogens with zero attached hydrogens (tertiary/aromatic N) is 3. The molecule has 128 valence electrons. The Morgan fingerprint density at radius 3 is 2.62 bits per heavy atom. The summed E-state index contributed by atoms with van der Waals surface area (Å²) in [5.74, 6) is 0.785. The lowest BCUT2D eigenvalue weighted by atomic mass is 10.1. The maximum absolute atomic E-state index is 10.5. The van der Waals surface area contributed by atoms with Gasteiger partial charge in [0.15, 0.2) is 0 Å². The molecule has 1 unspecified atom stereocenters. The highest BCUT2D eigenvalue weighted by molar-refractivity contribution is 5.29. The van der Waals surface area contributed by atoms with E-state index in [1.54, 1.807) is 13.3 Å². The Morgan fingerprint density at radius 2 is 1.92 bits per heavy atom. The Labute approximate surface area is 143 Å². The number of aromatic nitrogens is 1. The van der Waals surface area contributed by atoms with Gasteiger partial charge < -0.3 is 9.84 Å². The average molecular weight is 327 g/mol. The molecule has 0 saturated carbocycles. The van der Waals surface area contributed by atoms with Gasteiger partial charge in [-0.1, -0.05) is 18.2 Å². The van der Waals surface area contributed by atoms with Gasteiger partial charge in [-0.25, -0.2) is 0 Å². The first kappa shape index (κ1) is 16.9. The Bertz CT molecular complexity index is 628. The molecule has 2 heterocycles. The summed E-state index contributed by atoms with van der Waals surface area (Å²) < 4.78 is 5.23. The maximum atomic E-state index is 10.5. The van der Waals surface area contributed by atoms with Crippen LogP contribution in [0.3, 0.4) is 0 Å². The van der Waals surface area contributed by atoms with Crippen molar-refractivity contribution >= 4 is 0 Å². The highest BCUT2D eigenvalue weighted by Crippen LogP contribution is 2.20. The second kappa shape index (κ2) is 8.24.